The summed E-state index contributed by atoms with van der Waals surface area (Å²) in [6, 6.07) is 11.2. The van der Waals surface area contributed by atoms with Gasteiger partial charge in [0.05, 0.1) is 11.2 Å². The van der Waals surface area contributed by atoms with Crippen molar-refractivity contribution in [3.8, 4) is 0 Å². The first kappa shape index (κ1) is 12.2. The van der Waals surface area contributed by atoms with Gasteiger partial charge in [0, 0.05) is 23.0 Å². The molecule has 0 aliphatic carbocycles. The number of rotatable bonds is 2. The van der Waals surface area contributed by atoms with Crippen LogP contribution in [0.1, 0.15) is 16.2 Å². The number of para-hydroxylation sites is 1. The Hall–Kier alpha value is -2.82. The summed E-state index contributed by atoms with van der Waals surface area (Å²) in [7, 11) is 0. The highest BCUT2D eigenvalue weighted by atomic mass is 16.1. The molecule has 100 valence electrons. The van der Waals surface area contributed by atoms with E-state index in [0.29, 0.717) is 17.1 Å². The lowest BCUT2D eigenvalue weighted by Crippen LogP contribution is -2.12. The van der Waals surface area contributed by atoms with Crippen LogP contribution in [0.5, 0.6) is 0 Å². The van der Waals surface area contributed by atoms with Gasteiger partial charge in [-0.15, -0.1) is 0 Å². The first-order valence-corrected chi connectivity index (χ1v) is 6.25. The molecular formula is C15H14N4O. The number of nitrogen functional groups attached to an aromatic ring is 1. The van der Waals surface area contributed by atoms with Gasteiger partial charge in [-0.1, -0.05) is 18.2 Å². The summed E-state index contributed by atoms with van der Waals surface area (Å²) >= 11 is 0. The first-order chi connectivity index (χ1) is 9.63. The lowest BCUT2D eigenvalue weighted by atomic mass is 10.1. The molecule has 0 saturated heterocycles. The van der Waals surface area contributed by atoms with E-state index in [0.717, 1.165) is 16.6 Å². The Morgan fingerprint density at radius 3 is 2.90 bits per heavy atom. The molecule has 0 aliphatic rings. The molecule has 1 aromatic carbocycles. The third kappa shape index (κ3) is 2.21. The normalized spacial score (nSPS) is 10.7. The molecule has 0 saturated carbocycles. The molecule has 3 aromatic rings. The number of fused-ring (bicyclic) bond motifs is 1. The van der Waals surface area contributed by atoms with Gasteiger partial charge >= 0.3 is 0 Å². The first-order valence-electron chi connectivity index (χ1n) is 6.25. The number of hydrogen-bond donors (Lipinski definition) is 3. The fourth-order valence-corrected chi connectivity index (χ4v) is 2.08. The van der Waals surface area contributed by atoms with E-state index in [2.05, 4.69) is 15.3 Å². The van der Waals surface area contributed by atoms with Crippen molar-refractivity contribution < 1.29 is 4.79 Å². The minimum Gasteiger partial charge on any atom is -0.397 e. The Labute approximate surface area is 115 Å². The van der Waals surface area contributed by atoms with Gasteiger partial charge in [0.15, 0.2) is 0 Å². The number of benzene rings is 1. The Morgan fingerprint density at radius 2 is 2.15 bits per heavy atom. The van der Waals surface area contributed by atoms with E-state index in [1.54, 1.807) is 12.3 Å². The van der Waals surface area contributed by atoms with Crippen LogP contribution >= 0.6 is 0 Å². The zero-order valence-electron chi connectivity index (χ0n) is 11.0. The van der Waals surface area contributed by atoms with Gasteiger partial charge in [0.25, 0.3) is 5.91 Å². The van der Waals surface area contributed by atoms with Gasteiger partial charge in [-0.05, 0) is 25.1 Å². The monoisotopic (exact) mass is 266 g/mol. The van der Waals surface area contributed by atoms with Crippen molar-refractivity contribution in [1.29, 1.82) is 0 Å². The van der Waals surface area contributed by atoms with E-state index < -0.39 is 0 Å². The van der Waals surface area contributed by atoms with Gasteiger partial charge in [-0.3, -0.25) is 9.78 Å². The maximum absolute atomic E-state index is 12.1. The molecule has 20 heavy (non-hydrogen) atoms. The van der Waals surface area contributed by atoms with Crippen molar-refractivity contribution in [1.82, 2.24) is 9.97 Å². The Balaban J connectivity index is 1.98. The number of pyridine rings is 1. The van der Waals surface area contributed by atoms with Crippen LogP contribution in [0.25, 0.3) is 10.9 Å². The average Bonchev–Trinajstić information content (AvgIpc) is 2.86. The number of aromatic nitrogens is 2. The molecule has 3 rings (SSSR count). The van der Waals surface area contributed by atoms with Crippen molar-refractivity contribution in [2.45, 2.75) is 6.92 Å². The zero-order valence-corrected chi connectivity index (χ0v) is 11.0. The van der Waals surface area contributed by atoms with Crippen LogP contribution in [0.3, 0.4) is 0 Å². The molecule has 1 amide bonds. The van der Waals surface area contributed by atoms with Gasteiger partial charge in [0.2, 0.25) is 0 Å². The second-order valence-corrected chi connectivity index (χ2v) is 4.63. The summed E-state index contributed by atoms with van der Waals surface area (Å²) in [6.07, 6.45) is 1.58. The van der Waals surface area contributed by atoms with Crippen molar-refractivity contribution >= 4 is 28.2 Å². The summed E-state index contributed by atoms with van der Waals surface area (Å²) in [5.41, 5.74) is 8.92. The van der Waals surface area contributed by atoms with Crippen LogP contribution in [0, 0.1) is 6.92 Å². The maximum Gasteiger partial charge on any atom is 0.272 e. The minimum absolute atomic E-state index is 0.238. The fraction of sp³-hybridized carbons (Fsp3) is 0.0667. The molecule has 4 N–H and O–H groups in total. The number of nitrogens with zero attached hydrogens (tertiary/aromatic N) is 1. The largest absolute Gasteiger partial charge is 0.397 e. The molecule has 0 radical (unpaired) electrons. The number of H-pyrrole nitrogens is 1. The number of amides is 1. The Bertz CT molecular complexity index is 791. The molecule has 5 heteroatoms. The van der Waals surface area contributed by atoms with Gasteiger partial charge in [0.1, 0.15) is 5.69 Å². The van der Waals surface area contributed by atoms with Crippen LogP contribution in [0.15, 0.2) is 42.6 Å². The molecular weight excluding hydrogens is 252 g/mol. The van der Waals surface area contributed by atoms with Gasteiger partial charge < -0.3 is 16.0 Å². The van der Waals surface area contributed by atoms with Gasteiger partial charge in [-0.25, -0.2) is 0 Å². The quantitative estimate of drug-likeness (QED) is 0.666. The van der Waals surface area contributed by atoms with Crippen molar-refractivity contribution in [2.75, 3.05) is 11.1 Å². The second kappa shape index (κ2) is 4.70. The van der Waals surface area contributed by atoms with Crippen LogP contribution in [-0.2, 0) is 0 Å². The average molecular weight is 266 g/mol. The Morgan fingerprint density at radius 1 is 1.30 bits per heavy atom. The molecule has 2 aromatic heterocycles. The predicted molar refractivity (Wildman–Crippen MR) is 79.6 cm³/mol. The number of carbonyl (C=O) groups excluding carboxylic acids is 1. The Kier molecular flexibility index (Phi) is 2.87. The highest BCUT2D eigenvalue weighted by Gasteiger charge is 2.10. The van der Waals surface area contributed by atoms with Crippen molar-refractivity contribution in [2.24, 2.45) is 0 Å². The molecule has 0 spiro atoms. The molecule has 0 unspecified atom stereocenters. The number of aromatic amines is 1. The third-order valence-corrected chi connectivity index (χ3v) is 3.06. The maximum atomic E-state index is 12.1. The van der Waals surface area contributed by atoms with Crippen LogP contribution in [-0.4, -0.2) is 15.9 Å². The van der Waals surface area contributed by atoms with E-state index in [-0.39, 0.29) is 5.91 Å². The summed E-state index contributed by atoms with van der Waals surface area (Å²) in [6.45, 7) is 1.92. The van der Waals surface area contributed by atoms with Crippen LogP contribution in [0.4, 0.5) is 11.4 Å². The fourth-order valence-electron chi connectivity index (χ4n) is 2.08. The topological polar surface area (TPSA) is 83.8 Å². The number of nitrogens with one attached hydrogen (secondary N) is 2. The highest BCUT2D eigenvalue weighted by Crippen LogP contribution is 2.22. The minimum atomic E-state index is -0.238. The van der Waals surface area contributed by atoms with E-state index in [1.807, 2.05) is 37.3 Å². The molecule has 0 aliphatic heterocycles. The molecule has 0 atom stereocenters. The molecule has 0 fully saturated rings. The van der Waals surface area contributed by atoms with Gasteiger partial charge in [-0.2, -0.15) is 0 Å². The summed E-state index contributed by atoms with van der Waals surface area (Å²) in [4.78, 5) is 19.4. The zero-order chi connectivity index (χ0) is 14.1. The molecule has 0 bridgehead atoms. The number of carbonyl (C=O) groups is 1. The van der Waals surface area contributed by atoms with E-state index in [9.17, 15) is 4.79 Å². The third-order valence-electron chi connectivity index (χ3n) is 3.06. The van der Waals surface area contributed by atoms with E-state index in [4.69, 9.17) is 5.73 Å². The number of anilines is 2. The standard InChI is InChI=1S/C15H14N4O/c1-9-5-6-10-3-2-4-12(14(10)18-9)19-15(20)13-7-11(16)8-17-13/h2-8,17H,16H2,1H3,(H,19,20). The number of aryl methyl sites for hydroxylation is 1. The number of hydrogen-bond acceptors (Lipinski definition) is 3. The summed E-state index contributed by atoms with van der Waals surface area (Å²) in [5, 5.41) is 3.84. The van der Waals surface area contributed by atoms with Crippen molar-refractivity contribution in [3.63, 3.8) is 0 Å². The summed E-state index contributed by atoms with van der Waals surface area (Å²) < 4.78 is 0. The number of nitrogens with two attached hydrogens (primary N) is 1. The van der Waals surface area contributed by atoms with E-state index in [1.165, 1.54) is 0 Å². The smallest absolute Gasteiger partial charge is 0.272 e. The molecule has 2 heterocycles. The van der Waals surface area contributed by atoms with Crippen LogP contribution in [0.2, 0.25) is 0 Å². The second-order valence-electron chi connectivity index (χ2n) is 4.63. The van der Waals surface area contributed by atoms with Crippen LogP contribution < -0.4 is 11.1 Å². The van der Waals surface area contributed by atoms with E-state index >= 15 is 0 Å². The molecule has 5 nitrogen and oxygen atoms in total. The highest BCUT2D eigenvalue weighted by molar-refractivity contribution is 6.07. The SMILES string of the molecule is Cc1ccc2cccc(NC(=O)c3cc(N)c[nH]3)c2n1. The lowest BCUT2D eigenvalue weighted by Gasteiger charge is -2.07. The summed E-state index contributed by atoms with van der Waals surface area (Å²) in [5.74, 6) is -0.238. The van der Waals surface area contributed by atoms with Crippen molar-refractivity contribution in [3.05, 3.63) is 54.0 Å². The predicted octanol–water partition coefficient (Wildman–Crippen LogP) is 2.71. The lowest BCUT2D eigenvalue weighted by molar-refractivity contribution is 0.102.